The maximum Gasteiger partial charge on any atom is 0.238 e. The van der Waals surface area contributed by atoms with Crippen molar-refractivity contribution in [2.75, 3.05) is 13.2 Å². The van der Waals surface area contributed by atoms with Crippen LogP contribution < -0.4 is 10.2 Å². The Kier molecular flexibility index (Phi) is 10.7. The molecule has 0 unspecified atom stereocenters. The summed E-state index contributed by atoms with van der Waals surface area (Å²) in [5.41, 5.74) is -2.33. The summed E-state index contributed by atoms with van der Waals surface area (Å²) in [5, 5.41) is 112. The highest BCUT2D eigenvalue weighted by molar-refractivity contribution is 5.91. The van der Waals surface area contributed by atoms with Gasteiger partial charge in [0.1, 0.15) is 77.0 Å². The molecule has 5 rings (SSSR count). The Morgan fingerprint density at radius 2 is 1.33 bits per heavy atom. The normalized spacial score (nSPS) is 30.8. The van der Waals surface area contributed by atoms with Crippen molar-refractivity contribution in [3.8, 4) is 34.3 Å². The molecule has 11 N–H and O–H groups in total. The van der Waals surface area contributed by atoms with Crippen molar-refractivity contribution in [3.63, 3.8) is 0 Å². The minimum Gasteiger partial charge on any atom is -0.508 e. The quantitative estimate of drug-likeness (QED) is 0.112. The fourth-order valence-corrected chi connectivity index (χ4v) is 5.77. The molecule has 2 saturated heterocycles. The molecule has 0 amide bonds. The first-order valence-electron chi connectivity index (χ1n) is 15.4. The third-order valence-electron chi connectivity index (χ3n) is 8.67. The summed E-state index contributed by atoms with van der Waals surface area (Å²) < 4.78 is 28.8. The number of fused-ring (bicyclic) bond motifs is 1. The van der Waals surface area contributed by atoms with E-state index in [0.29, 0.717) is 0 Å². The molecule has 17 heteroatoms. The lowest BCUT2D eigenvalue weighted by Gasteiger charge is -2.42. The van der Waals surface area contributed by atoms with Gasteiger partial charge in [-0.3, -0.25) is 4.79 Å². The molecule has 1 aromatic heterocycles. The average molecular weight is 697 g/mol. The number of aliphatic hydroxyl groups excluding tert-OH is 8. The third kappa shape index (κ3) is 7.19. The molecule has 2 aliphatic heterocycles. The van der Waals surface area contributed by atoms with E-state index in [0.717, 1.165) is 6.07 Å². The zero-order valence-electron chi connectivity index (χ0n) is 26.4. The molecule has 0 saturated carbocycles. The number of phenols is 2. The SMILES string of the molecule is CC(C)(CCc1c(O[C@@H]2O[C@H](CO)[C@@H](O)[C@H](O)[C@H]2O)cc(O)c2c(=O)c(O)c(-c3ccc(O)cc3)oc12)O[C@@H]1O[C@H](CO)[C@@H](O)[C@H](O)[C@H]1O. The smallest absolute Gasteiger partial charge is 0.238 e. The number of phenolic OH excluding ortho intramolecular Hbond substituents is 2. The summed E-state index contributed by atoms with van der Waals surface area (Å²) in [6.07, 6.45) is -16.3. The maximum atomic E-state index is 13.4. The largest absolute Gasteiger partial charge is 0.508 e. The van der Waals surface area contributed by atoms with Crippen LogP contribution in [0.25, 0.3) is 22.3 Å². The van der Waals surface area contributed by atoms with Gasteiger partial charge in [-0.05, 0) is 51.0 Å². The van der Waals surface area contributed by atoms with E-state index < -0.39 is 103 Å². The van der Waals surface area contributed by atoms with Crippen LogP contribution in [0.2, 0.25) is 0 Å². The van der Waals surface area contributed by atoms with Crippen LogP contribution in [0.5, 0.6) is 23.0 Å². The first-order valence-corrected chi connectivity index (χ1v) is 15.4. The van der Waals surface area contributed by atoms with Crippen LogP contribution in [-0.4, -0.2) is 136 Å². The Bertz CT molecular complexity index is 1670. The molecular weight excluding hydrogens is 656 g/mol. The molecular formula is C32H40O17. The topological polar surface area (TPSA) is 290 Å². The number of benzene rings is 2. The highest BCUT2D eigenvalue weighted by Crippen LogP contribution is 2.41. The van der Waals surface area contributed by atoms with E-state index in [1.165, 1.54) is 24.3 Å². The summed E-state index contributed by atoms with van der Waals surface area (Å²) >= 11 is 0. The molecule has 3 aromatic rings. The first kappa shape index (κ1) is 36.7. The summed E-state index contributed by atoms with van der Waals surface area (Å²) in [6.45, 7) is 1.73. The van der Waals surface area contributed by atoms with Gasteiger partial charge < -0.3 is 79.5 Å². The number of hydrogen-bond acceptors (Lipinski definition) is 17. The Morgan fingerprint density at radius 1 is 0.776 bits per heavy atom. The highest BCUT2D eigenvalue weighted by atomic mass is 16.7. The van der Waals surface area contributed by atoms with Gasteiger partial charge in [-0.15, -0.1) is 0 Å². The average Bonchev–Trinajstić information content (AvgIpc) is 3.06. The molecule has 0 spiro atoms. The van der Waals surface area contributed by atoms with Crippen molar-refractivity contribution >= 4 is 11.0 Å². The van der Waals surface area contributed by atoms with Crippen LogP contribution in [0, 0.1) is 0 Å². The molecule has 49 heavy (non-hydrogen) atoms. The third-order valence-corrected chi connectivity index (χ3v) is 8.67. The van der Waals surface area contributed by atoms with Crippen molar-refractivity contribution in [3.05, 3.63) is 46.1 Å². The van der Waals surface area contributed by atoms with E-state index in [1.54, 1.807) is 13.8 Å². The maximum absolute atomic E-state index is 13.4. The van der Waals surface area contributed by atoms with Crippen LogP contribution in [0.4, 0.5) is 0 Å². The molecule has 2 aromatic carbocycles. The minimum atomic E-state index is -1.85. The Labute approximate surface area is 278 Å². The van der Waals surface area contributed by atoms with Gasteiger partial charge in [-0.2, -0.15) is 0 Å². The number of ether oxygens (including phenoxy) is 4. The van der Waals surface area contributed by atoms with E-state index in [1.807, 2.05) is 0 Å². The van der Waals surface area contributed by atoms with Crippen molar-refractivity contribution in [2.24, 2.45) is 0 Å². The summed E-state index contributed by atoms with van der Waals surface area (Å²) in [5.74, 6) is -2.25. The second-order valence-electron chi connectivity index (χ2n) is 12.6. The first-order chi connectivity index (χ1) is 23.1. The van der Waals surface area contributed by atoms with E-state index in [-0.39, 0.29) is 46.8 Å². The van der Waals surface area contributed by atoms with Crippen LogP contribution in [-0.2, 0) is 20.6 Å². The van der Waals surface area contributed by atoms with Crippen LogP contribution >= 0.6 is 0 Å². The number of rotatable bonds is 10. The Morgan fingerprint density at radius 3 is 1.90 bits per heavy atom. The summed E-state index contributed by atoms with van der Waals surface area (Å²) in [6, 6.07) is 6.29. The Balaban J connectivity index is 1.57. The second-order valence-corrected chi connectivity index (χ2v) is 12.6. The van der Waals surface area contributed by atoms with E-state index >= 15 is 0 Å². The van der Waals surface area contributed by atoms with E-state index in [9.17, 15) is 61.0 Å². The highest BCUT2D eigenvalue weighted by Gasteiger charge is 2.47. The molecule has 10 atom stereocenters. The van der Waals surface area contributed by atoms with Gasteiger partial charge in [0.05, 0.1) is 18.8 Å². The standard InChI is InChI=1S/C32H40O17/c1-32(2,49-31-27(44)24(41)21(38)18(11-34)47-31)8-7-14-16(45-30-26(43)23(40)20(37)17(10-33)46-30)9-15(36)19-22(39)25(42)28(48-29(14)19)12-3-5-13(35)6-4-12/h3-6,9,17-18,20-21,23-24,26-27,30-31,33-38,40-44H,7-8,10-11H2,1-2H3/t17-,18-,20-,21-,23+,24+,26-,27-,30-,31+/m1/s1. The van der Waals surface area contributed by atoms with Crippen LogP contribution in [0.15, 0.2) is 39.5 Å². The fraction of sp³-hybridized carbons (Fsp3) is 0.531. The molecule has 0 aliphatic carbocycles. The van der Waals surface area contributed by atoms with Crippen molar-refractivity contribution in [1.29, 1.82) is 0 Å². The zero-order chi connectivity index (χ0) is 35.9. The second kappa shape index (κ2) is 14.3. The predicted octanol–water partition coefficient (Wildman–Crippen LogP) is -1.72. The van der Waals surface area contributed by atoms with Gasteiger partial charge in [0, 0.05) is 17.2 Å². The molecule has 3 heterocycles. The number of aliphatic hydroxyl groups is 8. The van der Waals surface area contributed by atoms with Gasteiger partial charge in [0.25, 0.3) is 0 Å². The number of aromatic hydroxyl groups is 3. The van der Waals surface area contributed by atoms with Gasteiger partial charge in [0.15, 0.2) is 12.1 Å². The van der Waals surface area contributed by atoms with Gasteiger partial charge in [-0.25, -0.2) is 0 Å². The molecule has 2 aliphatic rings. The fourth-order valence-electron chi connectivity index (χ4n) is 5.77. The van der Waals surface area contributed by atoms with Gasteiger partial charge >= 0.3 is 0 Å². The van der Waals surface area contributed by atoms with E-state index in [2.05, 4.69) is 0 Å². The molecule has 0 radical (unpaired) electrons. The lowest BCUT2D eigenvalue weighted by atomic mass is 9.94. The van der Waals surface area contributed by atoms with Crippen molar-refractivity contribution < 1.29 is 79.5 Å². The predicted molar refractivity (Wildman–Crippen MR) is 165 cm³/mol. The molecule has 0 bridgehead atoms. The molecule has 17 nitrogen and oxygen atoms in total. The lowest BCUT2D eigenvalue weighted by molar-refractivity contribution is -0.323. The van der Waals surface area contributed by atoms with Crippen LogP contribution in [0.1, 0.15) is 25.8 Å². The van der Waals surface area contributed by atoms with E-state index in [4.69, 9.17) is 23.4 Å². The zero-order valence-corrected chi connectivity index (χ0v) is 26.4. The monoisotopic (exact) mass is 696 g/mol. The molecule has 270 valence electrons. The number of aryl methyl sites for hydroxylation is 1. The number of hydrogen-bond donors (Lipinski definition) is 11. The van der Waals surface area contributed by atoms with Gasteiger partial charge in [-0.1, -0.05) is 0 Å². The van der Waals surface area contributed by atoms with Crippen molar-refractivity contribution in [2.45, 2.75) is 93.7 Å². The van der Waals surface area contributed by atoms with Gasteiger partial charge in [0.2, 0.25) is 17.5 Å². The Hall–Kier alpha value is -3.59. The minimum absolute atomic E-state index is 0.00787. The summed E-state index contributed by atoms with van der Waals surface area (Å²) in [7, 11) is 0. The summed E-state index contributed by atoms with van der Waals surface area (Å²) in [4.78, 5) is 13.4. The lowest BCUT2D eigenvalue weighted by Crippen LogP contribution is -2.60. The van der Waals surface area contributed by atoms with Crippen LogP contribution in [0.3, 0.4) is 0 Å². The molecule has 2 fully saturated rings. The van der Waals surface area contributed by atoms with Crippen molar-refractivity contribution in [1.82, 2.24) is 0 Å².